The molecule has 90 valence electrons. The molecule has 0 atom stereocenters. The van der Waals surface area contributed by atoms with Gasteiger partial charge in [0.25, 0.3) is 0 Å². The minimum Gasteiger partial charge on any atom is -0.330 e. The highest BCUT2D eigenvalue weighted by atomic mass is 35.5. The van der Waals surface area contributed by atoms with Crippen LogP contribution < -0.4 is 5.73 Å². The molecule has 1 aromatic heterocycles. The summed E-state index contributed by atoms with van der Waals surface area (Å²) in [5, 5.41) is 4.90. The summed E-state index contributed by atoms with van der Waals surface area (Å²) in [5.74, 6) is 0.165. The van der Waals surface area contributed by atoms with Crippen molar-refractivity contribution in [3.05, 3.63) is 16.4 Å². The molecule has 5 heteroatoms. The first kappa shape index (κ1) is 13.2. The van der Waals surface area contributed by atoms with Crippen LogP contribution in [-0.4, -0.2) is 22.1 Å². The highest BCUT2D eigenvalue weighted by Gasteiger charge is 2.15. The van der Waals surface area contributed by atoms with E-state index in [0.29, 0.717) is 24.4 Å². The maximum absolute atomic E-state index is 11.6. The van der Waals surface area contributed by atoms with Gasteiger partial charge in [-0.2, -0.15) is 5.10 Å². The first-order valence-electron chi connectivity index (χ1n) is 5.52. The first-order chi connectivity index (χ1) is 7.60. The van der Waals surface area contributed by atoms with Crippen LogP contribution in [-0.2, 0) is 24.7 Å². The monoisotopic (exact) mass is 243 g/mol. The molecule has 4 nitrogen and oxygen atoms in total. The van der Waals surface area contributed by atoms with Crippen LogP contribution in [0.25, 0.3) is 0 Å². The predicted octanol–water partition coefficient (Wildman–Crippen LogP) is 1.49. The molecule has 1 aromatic rings. The second-order valence-corrected chi connectivity index (χ2v) is 4.17. The van der Waals surface area contributed by atoms with E-state index in [1.165, 1.54) is 0 Å². The van der Waals surface area contributed by atoms with Crippen molar-refractivity contribution >= 4 is 17.4 Å². The second kappa shape index (κ2) is 6.01. The SMILES string of the molecule is CCc1nn(C)c(CC(=O)CCCN)c1Cl. The van der Waals surface area contributed by atoms with Gasteiger partial charge >= 0.3 is 0 Å². The van der Waals surface area contributed by atoms with Crippen molar-refractivity contribution in [2.24, 2.45) is 12.8 Å². The Bertz CT molecular complexity index is 374. The number of nitrogens with two attached hydrogens (primary N) is 1. The summed E-state index contributed by atoms with van der Waals surface area (Å²) in [5.41, 5.74) is 7.02. The van der Waals surface area contributed by atoms with Crippen molar-refractivity contribution in [1.29, 1.82) is 0 Å². The summed E-state index contributed by atoms with van der Waals surface area (Å²) >= 11 is 6.15. The van der Waals surface area contributed by atoms with E-state index in [0.717, 1.165) is 24.2 Å². The lowest BCUT2D eigenvalue weighted by Crippen LogP contribution is -2.10. The Hall–Kier alpha value is -0.870. The number of aryl methyl sites for hydroxylation is 2. The molecule has 0 spiro atoms. The Labute approximate surface area is 101 Å². The Balaban J connectivity index is 2.73. The number of nitrogens with zero attached hydrogens (tertiary/aromatic N) is 2. The van der Waals surface area contributed by atoms with Crippen LogP contribution in [0.4, 0.5) is 0 Å². The van der Waals surface area contributed by atoms with Gasteiger partial charge in [-0.15, -0.1) is 0 Å². The molecule has 1 rings (SSSR count). The van der Waals surface area contributed by atoms with Gasteiger partial charge in [-0.25, -0.2) is 0 Å². The van der Waals surface area contributed by atoms with E-state index in [1.54, 1.807) is 4.68 Å². The van der Waals surface area contributed by atoms with Crippen LogP contribution in [0.15, 0.2) is 0 Å². The largest absolute Gasteiger partial charge is 0.330 e. The van der Waals surface area contributed by atoms with Crippen LogP contribution in [0.5, 0.6) is 0 Å². The van der Waals surface area contributed by atoms with E-state index in [2.05, 4.69) is 5.10 Å². The zero-order valence-electron chi connectivity index (χ0n) is 9.79. The van der Waals surface area contributed by atoms with E-state index in [1.807, 2.05) is 14.0 Å². The third kappa shape index (κ3) is 3.06. The number of halogens is 1. The zero-order valence-corrected chi connectivity index (χ0v) is 10.5. The molecule has 0 bridgehead atoms. The summed E-state index contributed by atoms with van der Waals surface area (Å²) in [6.07, 6.45) is 2.38. The van der Waals surface area contributed by atoms with Crippen molar-refractivity contribution in [3.8, 4) is 0 Å². The highest BCUT2D eigenvalue weighted by Crippen LogP contribution is 2.21. The quantitative estimate of drug-likeness (QED) is 0.824. The second-order valence-electron chi connectivity index (χ2n) is 3.79. The normalized spacial score (nSPS) is 10.8. The molecule has 0 aromatic carbocycles. The number of aromatic nitrogens is 2. The Kier molecular flexibility index (Phi) is 4.96. The number of ketones is 1. The van der Waals surface area contributed by atoms with Crippen LogP contribution in [0, 0.1) is 0 Å². The molecule has 0 amide bonds. The van der Waals surface area contributed by atoms with Crippen molar-refractivity contribution < 1.29 is 4.79 Å². The van der Waals surface area contributed by atoms with Gasteiger partial charge in [0.15, 0.2) is 0 Å². The maximum atomic E-state index is 11.6. The van der Waals surface area contributed by atoms with Crippen LogP contribution >= 0.6 is 11.6 Å². The van der Waals surface area contributed by atoms with Gasteiger partial charge in [0.05, 0.1) is 16.4 Å². The van der Waals surface area contributed by atoms with E-state index >= 15 is 0 Å². The third-order valence-electron chi connectivity index (χ3n) is 2.53. The molecule has 16 heavy (non-hydrogen) atoms. The molecule has 0 fully saturated rings. The van der Waals surface area contributed by atoms with E-state index in [9.17, 15) is 4.79 Å². The van der Waals surface area contributed by atoms with Gasteiger partial charge in [0.2, 0.25) is 0 Å². The lowest BCUT2D eigenvalue weighted by atomic mass is 10.1. The van der Waals surface area contributed by atoms with E-state index < -0.39 is 0 Å². The number of carbonyl (C=O) groups is 1. The molecule has 1 heterocycles. The van der Waals surface area contributed by atoms with Gasteiger partial charge < -0.3 is 5.73 Å². The number of hydrogen-bond acceptors (Lipinski definition) is 3. The number of carbonyl (C=O) groups excluding carboxylic acids is 1. The topological polar surface area (TPSA) is 60.9 Å². The summed E-state index contributed by atoms with van der Waals surface area (Å²) in [6.45, 7) is 2.54. The Morgan fingerprint density at radius 3 is 2.75 bits per heavy atom. The molecule has 0 unspecified atom stereocenters. The molecule has 0 radical (unpaired) electrons. The number of hydrogen-bond donors (Lipinski definition) is 1. The summed E-state index contributed by atoms with van der Waals surface area (Å²) < 4.78 is 1.70. The molecular formula is C11H18ClN3O. The maximum Gasteiger partial charge on any atom is 0.138 e. The number of rotatable bonds is 6. The van der Waals surface area contributed by atoms with E-state index in [-0.39, 0.29) is 5.78 Å². The molecule has 0 saturated carbocycles. The fourth-order valence-electron chi connectivity index (χ4n) is 1.59. The van der Waals surface area contributed by atoms with Gasteiger partial charge in [-0.05, 0) is 19.4 Å². The van der Waals surface area contributed by atoms with Gasteiger partial charge in [0.1, 0.15) is 5.78 Å². The Morgan fingerprint density at radius 2 is 2.25 bits per heavy atom. The van der Waals surface area contributed by atoms with Gasteiger partial charge in [0, 0.05) is 19.9 Å². The molecule has 0 aliphatic rings. The minimum absolute atomic E-state index is 0.165. The summed E-state index contributed by atoms with van der Waals surface area (Å²) in [6, 6.07) is 0. The highest BCUT2D eigenvalue weighted by molar-refractivity contribution is 6.32. The van der Waals surface area contributed by atoms with Crippen molar-refractivity contribution in [1.82, 2.24) is 9.78 Å². The van der Waals surface area contributed by atoms with Crippen molar-refractivity contribution in [3.63, 3.8) is 0 Å². The van der Waals surface area contributed by atoms with Crippen LogP contribution in [0.3, 0.4) is 0 Å². The predicted molar refractivity (Wildman–Crippen MR) is 64.6 cm³/mol. The molecule has 0 aliphatic heterocycles. The van der Waals surface area contributed by atoms with E-state index in [4.69, 9.17) is 17.3 Å². The van der Waals surface area contributed by atoms with Crippen LogP contribution in [0.2, 0.25) is 5.02 Å². The fourth-order valence-corrected chi connectivity index (χ4v) is 1.95. The molecule has 2 N–H and O–H groups in total. The molecular weight excluding hydrogens is 226 g/mol. The van der Waals surface area contributed by atoms with Crippen molar-refractivity contribution in [2.75, 3.05) is 6.54 Å². The van der Waals surface area contributed by atoms with Gasteiger partial charge in [-0.3, -0.25) is 9.48 Å². The summed E-state index contributed by atoms with van der Waals surface area (Å²) in [7, 11) is 1.82. The average Bonchev–Trinajstić information content (AvgIpc) is 2.53. The lowest BCUT2D eigenvalue weighted by molar-refractivity contribution is -0.118. The fraction of sp³-hybridized carbons (Fsp3) is 0.636. The lowest BCUT2D eigenvalue weighted by Gasteiger charge is -2.01. The minimum atomic E-state index is 0.165. The third-order valence-corrected chi connectivity index (χ3v) is 2.96. The molecule has 0 saturated heterocycles. The smallest absolute Gasteiger partial charge is 0.138 e. The summed E-state index contributed by atoms with van der Waals surface area (Å²) in [4.78, 5) is 11.6. The van der Waals surface area contributed by atoms with Crippen molar-refractivity contribution in [2.45, 2.75) is 32.6 Å². The average molecular weight is 244 g/mol. The molecule has 0 aliphatic carbocycles. The zero-order chi connectivity index (χ0) is 12.1. The number of Topliss-reactive ketones (excluding diaryl/α,β-unsaturated/α-hetero) is 1. The standard InChI is InChI=1S/C11H18ClN3O/c1-3-9-11(12)10(15(2)14-9)7-8(16)5-4-6-13/h3-7,13H2,1-2H3. The Morgan fingerprint density at radius 1 is 1.56 bits per heavy atom. The van der Waals surface area contributed by atoms with Gasteiger partial charge in [-0.1, -0.05) is 18.5 Å². The first-order valence-corrected chi connectivity index (χ1v) is 5.90. The van der Waals surface area contributed by atoms with Crippen LogP contribution in [0.1, 0.15) is 31.2 Å².